The third-order valence-corrected chi connectivity index (χ3v) is 12.1. The van der Waals surface area contributed by atoms with Crippen molar-refractivity contribution in [3.05, 3.63) is 67.3 Å². The number of carbonyl (C=O) groups excluding carboxylic acids is 4. The SMILES string of the molecule is C.CC(=O)N1CCC(N)CC1.CC(=O)N1CCC(Nc2ncc(C(=O)c3sccc3C)c(N)n2)CC1.CCS(=O)c1ncc(C(=O)c2sccc2C)c(N)n1. The van der Waals surface area contributed by atoms with Crippen LogP contribution in [-0.2, 0) is 20.4 Å². The molecule has 2 aliphatic rings. The van der Waals surface area contributed by atoms with E-state index in [9.17, 15) is 23.4 Å². The molecule has 1 unspecified atom stereocenters. The highest BCUT2D eigenvalue weighted by Crippen LogP contribution is 2.24. The highest BCUT2D eigenvalue weighted by molar-refractivity contribution is 7.84. The largest absolute Gasteiger partial charge is 0.383 e. The van der Waals surface area contributed by atoms with E-state index >= 15 is 0 Å². The van der Waals surface area contributed by atoms with Gasteiger partial charge < -0.3 is 32.3 Å². The average Bonchev–Trinajstić information content (AvgIpc) is 3.79. The molecule has 4 aromatic heterocycles. The zero-order chi connectivity index (χ0) is 39.5. The molecule has 2 fully saturated rings. The summed E-state index contributed by atoms with van der Waals surface area (Å²) in [5.74, 6) is 1.01. The van der Waals surface area contributed by atoms with Crippen LogP contribution in [0.25, 0.3) is 0 Å². The topological polar surface area (TPSA) is 233 Å². The lowest BCUT2D eigenvalue weighted by molar-refractivity contribution is -0.130. The number of anilines is 3. The molecule has 6 rings (SSSR count). The molecule has 2 aliphatic heterocycles. The monoisotopic (exact) mass is 812 g/mol. The number of thiophene rings is 2. The van der Waals surface area contributed by atoms with Crippen molar-refractivity contribution in [2.45, 2.75) is 85.0 Å². The van der Waals surface area contributed by atoms with Gasteiger partial charge in [-0.1, -0.05) is 14.4 Å². The third kappa shape index (κ3) is 12.2. The third-order valence-electron chi connectivity index (χ3n) is 8.96. The summed E-state index contributed by atoms with van der Waals surface area (Å²) < 4.78 is 11.6. The van der Waals surface area contributed by atoms with E-state index in [1.807, 2.05) is 46.5 Å². The lowest BCUT2D eigenvalue weighted by atomic mass is 10.1. The minimum atomic E-state index is -1.27. The van der Waals surface area contributed by atoms with Gasteiger partial charge in [-0.25, -0.2) is 15.0 Å². The van der Waals surface area contributed by atoms with E-state index < -0.39 is 10.8 Å². The Bertz CT molecular complexity index is 1970. The van der Waals surface area contributed by atoms with Crippen LogP contribution in [0.5, 0.6) is 0 Å². The first-order valence-corrected chi connectivity index (χ1v) is 20.6. The Morgan fingerprint density at radius 1 is 0.800 bits per heavy atom. The summed E-state index contributed by atoms with van der Waals surface area (Å²) >= 11 is 2.74. The van der Waals surface area contributed by atoms with Crippen LogP contribution in [0.4, 0.5) is 17.6 Å². The maximum Gasteiger partial charge on any atom is 0.224 e. The highest BCUT2D eigenvalue weighted by Gasteiger charge is 2.23. The van der Waals surface area contributed by atoms with E-state index in [1.165, 1.54) is 35.1 Å². The molecule has 15 nitrogen and oxygen atoms in total. The van der Waals surface area contributed by atoms with Crippen LogP contribution in [0.15, 0.2) is 40.4 Å². The van der Waals surface area contributed by atoms with Gasteiger partial charge in [-0.3, -0.25) is 23.4 Å². The summed E-state index contributed by atoms with van der Waals surface area (Å²) in [5.41, 5.74) is 19.8. The number of likely N-dealkylation sites (tertiary alicyclic amines) is 2. The fraction of sp³-hybridized carbons (Fsp3) is 0.459. The summed E-state index contributed by atoms with van der Waals surface area (Å²) in [6.07, 6.45) is 6.42. The number of hydrogen-bond acceptors (Lipinski definition) is 15. The molecule has 1 atom stereocenters. The number of aromatic nitrogens is 4. The van der Waals surface area contributed by atoms with E-state index in [4.69, 9.17) is 17.2 Å². The van der Waals surface area contributed by atoms with Crippen LogP contribution in [-0.4, -0.2) is 101 Å². The summed E-state index contributed by atoms with van der Waals surface area (Å²) in [6.45, 7) is 11.8. The van der Waals surface area contributed by atoms with E-state index in [0.717, 1.165) is 63.0 Å². The van der Waals surface area contributed by atoms with Crippen molar-refractivity contribution in [2.75, 3.05) is 48.7 Å². The van der Waals surface area contributed by atoms with Gasteiger partial charge in [0.05, 0.1) is 31.7 Å². The van der Waals surface area contributed by atoms with Crippen LogP contribution >= 0.6 is 22.7 Å². The smallest absolute Gasteiger partial charge is 0.224 e. The normalized spacial score (nSPS) is 15.0. The minimum absolute atomic E-state index is 0. The molecule has 0 bridgehead atoms. The van der Waals surface area contributed by atoms with Crippen molar-refractivity contribution in [3.63, 3.8) is 0 Å². The first-order valence-electron chi connectivity index (χ1n) is 17.5. The fourth-order valence-corrected chi connectivity index (χ4v) is 8.01. The van der Waals surface area contributed by atoms with Crippen LogP contribution in [0.3, 0.4) is 0 Å². The number of nitrogen functional groups attached to an aromatic ring is 2. The number of amides is 2. The Balaban J connectivity index is 0.000000239. The summed E-state index contributed by atoms with van der Waals surface area (Å²) in [5, 5.41) is 7.14. The first-order chi connectivity index (χ1) is 25.7. The molecule has 6 heterocycles. The molecule has 2 amide bonds. The zero-order valence-corrected chi connectivity index (χ0v) is 33.6. The lowest BCUT2D eigenvalue weighted by Gasteiger charge is -2.31. The fourth-order valence-electron chi connectivity index (χ4n) is 5.62. The zero-order valence-electron chi connectivity index (χ0n) is 31.2. The highest BCUT2D eigenvalue weighted by atomic mass is 32.2. The molecule has 7 N–H and O–H groups in total. The van der Waals surface area contributed by atoms with E-state index in [-0.39, 0.29) is 59.2 Å². The van der Waals surface area contributed by atoms with Crippen LogP contribution < -0.4 is 22.5 Å². The van der Waals surface area contributed by atoms with Gasteiger partial charge in [0.2, 0.25) is 34.5 Å². The van der Waals surface area contributed by atoms with Gasteiger partial charge in [0.25, 0.3) is 0 Å². The van der Waals surface area contributed by atoms with Crippen molar-refractivity contribution in [2.24, 2.45) is 5.73 Å². The molecule has 18 heteroatoms. The molecule has 0 saturated carbocycles. The summed E-state index contributed by atoms with van der Waals surface area (Å²) in [7, 11) is -1.27. The van der Waals surface area contributed by atoms with Crippen molar-refractivity contribution >= 4 is 74.4 Å². The quantitative estimate of drug-likeness (QED) is 0.142. The van der Waals surface area contributed by atoms with Gasteiger partial charge in [-0.15, -0.1) is 22.7 Å². The minimum Gasteiger partial charge on any atom is -0.383 e. The van der Waals surface area contributed by atoms with Gasteiger partial charge in [-0.2, -0.15) is 4.98 Å². The van der Waals surface area contributed by atoms with Gasteiger partial charge in [0, 0.05) is 70.3 Å². The van der Waals surface area contributed by atoms with Crippen molar-refractivity contribution in [1.29, 1.82) is 0 Å². The van der Waals surface area contributed by atoms with Crippen molar-refractivity contribution < 1.29 is 23.4 Å². The Morgan fingerprint density at radius 2 is 1.25 bits per heavy atom. The Labute approximate surface area is 333 Å². The second-order valence-corrected chi connectivity index (χ2v) is 16.3. The van der Waals surface area contributed by atoms with Gasteiger partial charge >= 0.3 is 0 Å². The lowest BCUT2D eigenvalue weighted by Crippen LogP contribution is -2.41. The van der Waals surface area contributed by atoms with Gasteiger partial charge in [0.1, 0.15) is 11.6 Å². The second kappa shape index (κ2) is 20.9. The van der Waals surface area contributed by atoms with E-state index in [0.29, 0.717) is 33.1 Å². The molecule has 0 radical (unpaired) electrons. The van der Waals surface area contributed by atoms with Crippen LogP contribution in [0.1, 0.15) is 95.5 Å². The van der Waals surface area contributed by atoms with E-state index in [2.05, 4.69) is 25.3 Å². The maximum atomic E-state index is 12.5. The van der Waals surface area contributed by atoms with Crippen molar-refractivity contribution in [3.8, 4) is 0 Å². The molecule has 2 saturated heterocycles. The van der Waals surface area contributed by atoms with Gasteiger partial charge in [0.15, 0.2) is 0 Å². The molecule has 0 aliphatic carbocycles. The number of ketones is 2. The predicted octanol–water partition coefficient (Wildman–Crippen LogP) is 4.46. The summed E-state index contributed by atoms with van der Waals surface area (Å²) in [6, 6.07) is 4.28. The van der Waals surface area contributed by atoms with Crippen molar-refractivity contribution in [1.82, 2.24) is 29.7 Å². The molecule has 0 aromatic carbocycles. The predicted molar refractivity (Wildman–Crippen MR) is 220 cm³/mol. The number of nitrogens with zero attached hydrogens (tertiary/aromatic N) is 6. The standard InChI is InChI=1S/C17H21N5O2S.C12H13N3O2S2.C7H14N2O.CH4/c1-10-5-8-25-15(10)14(24)13-9-19-17(21-16(13)18)20-12-3-6-22(7-4-12)11(2)23;1-3-19(17)12-14-6-8(11(13)15-12)9(16)10-7(2)4-5-18-10;1-6(10)9-4-2-7(8)3-5-9;/h5,8-9,12H,3-4,6-7H2,1-2H3,(H3,18,19,20,21);4-6H,3H2,1-2H3,(H2,13,14,15);7H,2-5,8H2,1H3;1H4. The number of piperidine rings is 2. The van der Waals surface area contributed by atoms with Gasteiger partial charge in [-0.05, 0) is 73.6 Å². The molecule has 55 heavy (non-hydrogen) atoms. The Hall–Kier alpha value is -4.65. The molecular formula is C37H52N10O5S3. The number of carbonyl (C=O) groups is 4. The number of nitrogens with one attached hydrogen (secondary N) is 1. The Kier molecular flexibility index (Phi) is 17.0. The molecule has 4 aromatic rings. The van der Waals surface area contributed by atoms with Crippen LogP contribution in [0.2, 0.25) is 0 Å². The number of aryl methyl sites for hydroxylation is 2. The maximum absolute atomic E-state index is 12.5. The van der Waals surface area contributed by atoms with E-state index in [1.54, 1.807) is 20.8 Å². The molecule has 298 valence electrons. The van der Waals surface area contributed by atoms with Crippen LogP contribution in [0, 0.1) is 13.8 Å². The molecular weight excluding hydrogens is 761 g/mol. The summed E-state index contributed by atoms with van der Waals surface area (Å²) in [4.78, 5) is 68.3. The molecule has 0 spiro atoms. The Morgan fingerprint density at radius 3 is 1.65 bits per heavy atom. The first kappa shape index (κ1) is 44.7. The number of hydrogen-bond donors (Lipinski definition) is 4. The number of nitrogens with two attached hydrogens (primary N) is 3. The average molecular weight is 813 g/mol. The second-order valence-electron chi connectivity index (χ2n) is 12.9. The number of rotatable bonds is 8.